The van der Waals surface area contributed by atoms with Gasteiger partial charge in [-0.25, -0.2) is 0 Å². The van der Waals surface area contributed by atoms with E-state index in [1.54, 1.807) is 33.1 Å². The van der Waals surface area contributed by atoms with Gasteiger partial charge in [-0.05, 0) is 29.8 Å². The maximum absolute atomic E-state index is 5.49. The lowest BCUT2D eigenvalue weighted by Gasteiger charge is -2.12. The van der Waals surface area contributed by atoms with Gasteiger partial charge >= 0.3 is 0 Å². The van der Waals surface area contributed by atoms with Gasteiger partial charge in [0.05, 0.1) is 26.9 Å². The smallest absolute Gasteiger partial charge is 0.192 e. The van der Waals surface area contributed by atoms with Crippen molar-refractivity contribution in [2.24, 2.45) is 0 Å². The van der Waals surface area contributed by atoms with Crippen LogP contribution in [0.5, 0.6) is 17.2 Å². The maximum Gasteiger partial charge on any atom is 0.192 e. The summed E-state index contributed by atoms with van der Waals surface area (Å²) in [6.45, 7) is 4.47. The summed E-state index contributed by atoms with van der Waals surface area (Å²) in [6.07, 6.45) is 1.83. The second kappa shape index (κ2) is 9.84. The zero-order valence-electron chi connectivity index (χ0n) is 16.5. The zero-order valence-corrected chi connectivity index (χ0v) is 18.9. The fourth-order valence-corrected chi connectivity index (χ4v) is 4.45. The first-order valence-corrected chi connectivity index (χ1v) is 10.6. The largest absolute Gasteiger partial charge is 0.496 e. The molecule has 0 amide bonds. The van der Waals surface area contributed by atoms with Crippen molar-refractivity contribution in [3.63, 3.8) is 0 Å². The van der Waals surface area contributed by atoms with Gasteiger partial charge in [0, 0.05) is 16.8 Å². The molecule has 0 aliphatic heterocycles. The van der Waals surface area contributed by atoms with Crippen LogP contribution in [0, 0.1) is 0 Å². The van der Waals surface area contributed by atoms with Crippen LogP contribution in [0.2, 0.25) is 0 Å². The number of nitrogens with zero attached hydrogens (tertiary/aromatic N) is 3. The average molecular weight is 476 g/mol. The minimum Gasteiger partial charge on any atom is -0.496 e. The molecule has 29 heavy (non-hydrogen) atoms. The molecule has 0 aliphatic carbocycles. The van der Waals surface area contributed by atoms with Gasteiger partial charge in [-0.15, -0.1) is 16.8 Å². The van der Waals surface area contributed by atoms with Crippen molar-refractivity contribution < 1.29 is 14.2 Å². The van der Waals surface area contributed by atoms with Gasteiger partial charge in [0.1, 0.15) is 5.75 Å². The highest BCUT2D eigenvalue weighted by atomic mass is 79.9. The molecule has 0 aliphatic rings. The minimum atomic E-state index is 0.593. The summed E-state index contributed by atoms with van der Waals surface area (Å²) < 4.78 is 19.2. The van der Waals surface area contributed by atoms with Crippen LogP contribution in [-0.2, 0) is 12.3 Å². The van der Waals surface area contributed by atoms with Crippen molar-refractivity contribution in [2.75, 3.05) is 21.3 Å². The number of hydrogen-bond acceptors (Lipinski definition) is 6. The highest BCUT2D eigenvalue weighted by molar-refractivity contribution is 9.10. The molecule has 152 valence electrons. The molecule has 0 fully saturated rings. The molecule has 0 saturated heterocycles. The summed E-state index contributed by atoms with van der Waals surface area (Å²) in [4.78, 5) is 0. The Bertz CT molecular complexity index is 1010. The van der Waals surface area contributed by atoms with Gasteiger partial charge in [-0.1, -0.05) is 45.9 Å². The lowest BCUT2D eigenvalue weighted by atomic mass is 10.2. The van der Waals surface area contributed by atoms with Gasteiger partial charge < -0.3 is 14.2 Å². The molecule has 0 unspecified atom stereocenters. The number of hydrogen-bond donors (Lipinski definition) is 0. The van der Waals surface area contributed by atoms with Crippen molar-refractivity contribution in [1.82, 2.24) is 14.8 Å². The van der Waals surface area contributed by atoms with E-state index in [-0.39, 0.29) is 0 Å². The highest BCUT2D eigenvalue weighted by Gasteiger charge is 2.18. The van der Waals surface area contributed by atoms with E-state index in [0.717, 1.165) is 32.3 Å². The van der Waals surface area contributed by atoms with E-state index in [0.29, 0.717) is 23.8 Å². The molecular formula is C21H22BrN3O3S. The molecule has 0 N–H and O–H groups in total. The highest BCUT2D eigenvalue weighted by Crippen LogP contribution is 2.37. The number of aromatic nitrogens is 3. The molecule has 0 spiro atoms. The summed E-state index contributed by atoms with van der Waals surface area (Å²) in [6, 6.07) is 11.6. The van der Waals surface area contributed by atoms with Gasteiger partial charge in [-0.3, -0.25) is 4.57 Å². The predicted molar refractivity (Wildman–Crippen MR) is 119 cm³/mol. The van der Waals surface area contributed by atoms with E-state index in [9.17, 15) is 0 Å². The van der Waals surface area contributed by atoms with Gasteiger partial charge in [-0.2, -0.15) is 0 Å². The fourth-order valence-electron chi connectivity index (χ4n) is 2.87. The molecule has 3 rings (SSSR count). The minimum absolute atomic E-state index is 0.593. The molecule has 1 aromatic heterocycles. The van der Waals surface area contributed by atoms with E-state index >= 15 is 0 Å². The topological polar surface area (TPSA) is 58.4 Å². The number of ether oxygens (including phenoxy) is 3. The summed E-state index contributed by atoms with van der Waals surface area (Å²) in [7, 11) is 4.90. The number of methoxy groups -OCH3 is 3. The maximum atomic E-state index is 5.49. The van der Waals surface area contributed by atoms with E-state index < -0.39 is 0 Å². The molecule has 1 heterocycles. The van der Waals surface area contributed by atoms with Crippen molar-refractivity contribution in [3.8, 4) is 28.6 Å². The first-order valence-electron chi connectivity index (χ1n) is 8.83. The molecule has 0 saturated carbocycles. The monoisotopic (exact) mass is 475 g/mol. The third-order valence-electron chi connectivity index (χ3n) is 4.29. The molecule has 0 radical (unpaired) electrons. The van der Waals surface area contributed by atoms with E-state index in [2.05, 4.69) is 32.7 Å². The first-order chi connectivity index (χ1) is 14.1. The average Bonchev–Trinajstić information content (AvgIpc) is 3.15. The Labute approximate surface area is 183 Å². The molecule has 6 nitrogen and oxygen atoms in total. The third-order valence-corrected chi connectivity index (χ3v) is 6.04. The van der Waals surface area contributed by atoms with Crippen molar-refractivity contribution in [3.05, 3.63) is 59.1 Å². The van der Waals surface area contributed by atoms with Crippen LogP contribution in [0.15, 0.2) is 58.7 Å². The third kappa shape index (κ3) is 4.59. The number of para-hydroxylation sites is 1. The Morgan fingerprint density at radius 1 is 1.03 bits per heavy atom. The second-order valence-corrected chi connectivity index (χ2v) is 7.79. The lowest BCUT2D eigenvalue weighted by Crippen LogP contribution is -2.02. The molecule has 0 bridgehead atoms. The summed E-state index contributed by atoms with van der Waals surface area (Å²) >= 11 is 5.20. The quantitative estimate of drug-likeness (QED) is 0.312. The van der Waals surface area contributed by atoms with Crippen molar-refractivity contribution in [1.29, 1.82) is 0 Å². The molecule has 3 aromatic rings. The number of thioether (sulfide) groups is 1. The van der Waals surface area contributed by atoms with Crippen LogP contribution in [0.1, 0.15) is 5.56 Å². The Kier molecular flexibility index (Phi) is 7.22. The fraction of sp³-hybridized carbons (Fsp3) is 0.238. The number of allylic oxidation sites excluding steroid dienone is 1. The second-order valence-electron chi connectivity index (χ2n) is 5.99. The number of rotatable bonds is 9. The molecule has 2 aromatic carbocycles. The summed E-state index contributed by atoms with van der Waals surface area (Å²) in [5.74, 6) is 3.55. The molecule has 0 atom stereocenters. The van der Waals surface area contributed by atoms with Crippen LogP contribution < -0.4 is 14.2 Å². The normalized spacial score (nSPS) is 10.6. The van der Waals surface area contributed by atoms with E-state index in [1.165, 1.54) is 0 Å². The Morgan fingerprint density at radius 3 is 2.41 bits per heavy atom. The lowest BCUT2D eigenvalue weighted by molar-refractivity contribution is 0.354. The van der Waals surface area contributed by atoms with E-state index in [1.807, 2.05) is 47.0 Å². The van der Waals surface area contributed by atoms with Crippen LogP contribution in [-0.4, -0.2) is 36.1 Å². The molecular weight excluding hydrogens is 454 g/mol. The van der Waals surface area contributed by atoms with Crippen molar-refractivity contribution in [2.45, 2.75) is 17.5 Å². The SMILES string of the molecule is C=CCn1c(SCc2cc(OC)c(OC)cc2Br)nnc1-c1ccccc1OC. The Balaban J connectivity index is 1.91. The van der Waals surface area contributed by atoms with Crippen molar-refractivity contribution >= 4 is 27.7 Å². The summed E-state index contributed by atoms with van der Waals surface area (Å²) in [5.41, 5.74) is 1.96. The van der Waals surface area contributed by atoms with Crippen LogP contribution in [0.3, 0.4) is 0 Å². The zero-order chi connectivity index (χ0) is 20.8. The van der Waals surface area contributed by atoms with Gasteiger partial charge in [0.2, 0.25) is 0 Å². The van der Waals surface area contributed by atoms with Gasteiger partial charge in [0.25, 0.3) is 0 Å². The summed E-state index contributed by atoms with van der Waals surface area (Å²) in [5, 5.41) is 9.62. The van der Waals surface area contributed by atoms with Crippen LogP contribution in [0.25, 0.3) is 11.4 Å². The Morgan fingerprint density at radius 2 is 1.72 bits per heavy atom. The van der Waals surface area contributed by atoms with Crippen LogP contribution in [0.4, 0.5) is 0 Å². The van der Waals surface area contributed by atoms with E-state index in [4.69, 9.17) is 14.2 Å². The predicted octanol–water partition coefficient (Wildman–Crippen LogP) is 5.21. The van der Waals surface area contributed by atoms with Gasteiger partial charge in [0.15, 0.2) is 22.5 Å². The standard InChI is InChI=1S/C21H22BrN3O3S/c1-5-10-25-20(15-8-6-7-9-17(15)26-2)23-24-21(25)29-13-14-11-18(27-3)19(28-4)12-16(14)22/h5-9,11-12H,1,10,13H2,2-4H3. The van der Waals surface area contributed by atoms with Crippen LogP contribution >= 0.6 is 27.7 Å². The Hall–Kier alpha value is -2.45. The number of benzene rings is 2. The first kappa shape index (κ1) is 21.3. The molecule has 8 heteroatoms. The number of halogens is 1.